The van der Waals surface area contributed by atoms with Crippen LogP contribution in [0.5, 0.6) is 5.88 Å². The van der Waals surface area contributed by atoms with Gasteiger partial charge in [0.25, 0.3) is 0 Å². The van der Waals surface area contributed by atoms with E-state index < -0.39 is 0 Å². The van der Waals surface area contributed by atoms with E-state index in [2.05, 4.69) is 22.5 Å². The van der Waals surface area contributed by atoms with Crippen molar-refractivity contribution in [2.24, 2.45) is 11.8 Å². The summed E-state index contributed by atoms with van der Waals surface area (Å²) in [4.78, 5) is 16.5. The minimum Gasteiger partial charge on any atom is -0.477 e. The van der Waals surface area contributed by atoms with Crippen molar-refractivity contribution in [3.63, 3.8) is 0 Å². The fraction of sp³-hybridized carbons (Fsp3) is 0.647. The number of carbonyl (C=O) groups is 1. The summed E-state index contributed by atoms with van der Waals surface area (Å²) in [6.45, 7) is 4.36. The molecule has 2 N–H and O–H groups in total. The second-order valence-electron chi connectivity index (χ2n) is 6.55. The average molecular weight is 340 g/mol. The SMILES string of the molecule is C[C@H]1C[C@@H](C(=O)NCc2ccc(OCC3CC3)nc2)CCN1.Cl. The van der Waals surface area contributed by atoms with E-state index >= 15 is 0 Å². The number of carbonyl (C=O) groups excluding carboxylic acids is 1. The lowest BCUT2D eigenvalue weighted by molar-refractivity contribution is -0.126. The van der Waals surface area contributed by atoms with Gasteiger partial charge in [-0.15, -0.1) is 12.4 Å². The lowest BCUT2D eigenvalue weighted by atomic mass is 9.92. The van der Waals surface area contributed by atoms with Gasteiger partial charge in [0.05, 0.1) is 6.61 Å². The van der Waals surface area contributed by atoms with Gasteiger partial charge in [0.15, 0.2) is 0 Å². The molecule has 1 saturated heterocycles. The summed E-state index contributed by atoms with van der Waals surface area (Å²) in [5.74, 6) is 1.69. The van der Waals surface area contributed by atoms with Crippen molar-refractivity contribution in [3.8, 4) is 5.88 Å². The first-order valence-electron chi connectivity index (χ1n) is 8.29. The van der Waals surface area contributed by atoms with Gasteiger partial charge in [-0.2, -0.15) is 0 Å². The number of hydrogen-bond donors (Lipinski definition) is 2. The maximum absolute atomic E-state index is 12.2. The topological polar surface area (TPSA) is 63.2 Å². The molecule has 1 saturated carbocycles. The molecule has 1 aliphatic heterocycles. The maximum Gasteiger partial charge on any atom is 0.223 e. The van der Waals surface area contributed by atoms with Crippen LogP contribution in [0.3, 0.4) is 0 Å². The Morgan fingerprint density at radius 2 is 2.22 bits per heavy atom. The molecule has 6 heteroatoms. The number of hydrogen-bond acceptors (Lipinski definition) is 4. The number of piperidine rings is 1. The predicted molar refractivity (Wildman–Crippen MR) is 91.7 cm³/mol. The molecule has 2 heterocycles. The van der Waals surface area contributed by atoms with Gasteiger partial charge in [0.2, 0.25) is 11.8 Å². The Balaban J connectivity index is 0.00000192. The average Bonchev–Trinajstić information content (AvgIpc) is 3.36. The largest absolute Gasteiger partial charge is 0.477 e. The number of ether oxygens (including phenoxy) is 1. The highest BCUT2D eigenvalue weighted by atomic mass is 35.5. The van der Waals surface area contributed by atoms with E-state index in [9.17, 15) is 4.79 Å². The van der Waals surface area contributed by atoms with E-state index in [0.717, 1.165) is 37.5 Å². The van der Waals surface area contributed by atoms with Crippen LogP contribution in [-0.2, 0) is 11.3 Å². The Morgan fingerprint density at radius 1 is 1.39 bits per heavy atom. The monoisotopic (exact) mass is 339 g/mol. The van der Waals surface area contributed by atoms with Crippen molar-refractivity contribution < 1.29 is 9.53 Å². The quantitative estimate of drug-likeness (QED) is 0.834. The van der Waals surface area contributed by atoms with Crippen molar-refractivity contribution >= 4 is 18.3 Å². The van der Waals surface area contributed by atoms with Crippen LogP contribution in [0.25, 0.3) is 0 Å². The standard InChI is InChI=1S/C17H25N3O2.ClH/c1-12-8-15(6-7-18-12)17(21)20-10-14-4-5-16(19-9-14)22-11-13-2-3-13;/h4-5,9,12-13,15,18H,2-3,6-8,10-11H2,1H3,(H,20,21);1H/t12-,15-;/m0./s1. The minimum atomic E-state index is 0. The van der Waals surface area contributed by atoms with Gasteiger partial charge in [0, 0.05) is 30.8 Å². The summed E-state index contributed by atoms with van der Waals surface area (Å²) in [6, 6.07) is 4.28. The van der Waals surface area contributed by atoms with E-state index in [1.165, 1.54) is 12.8 Å². The Labute approximate surface area is 144 Å². The normalized spacial score (nSPS) is 23.7. The molecule has 23 heavy (non-hydrogen) atoms. The van der Waals surface area contributed by atoms with Crippen molar-refractivity contribution in [3.05, 3.63) is 23.9 Å². The lowest BCUT2D eigenvalue weighted by Gasteiger charge is -2.27. The van der Waals surface area contributed by atoms with Gasteiger partial charge in [-0.05, 0) is 50.6 Å². The molecule has 128 valence electrons. The Morgan fingerprint density at radius 3 is 2.87 bits per heavy atom. The van der Waals surface area contributed by atoms with Gasteiger partial charge >= 0.3 is 0 Å². The van der Waals surface area contributed by atoms with Crippen molar-refractivity contribution in [2.45, 2.75) is 45.2 Å². The Kier molecular flexibility index (Phi) is 6.66. The molecule has 2 atom stereocenters. The van der Waals surface area contributed by atoms with E-state index in [1.807, 2.05) is 12.1 Å². The number of nitrogens with zero attached hydrogens (tertiary/aromatic N) is 1. The first-order chi connectivity index (χ1) is 10.7. The van der Waals surface area contributed by atoms with E-state index in [-0.39, 0.29) is 24.2 Å². The summed E-state index contributed by atoms with van der Waals surface area (Å²) in [6.07, 6.45) is 6.17. The minimum absolute atomic E-state index is 0. The highest BCUT2D eigenvalue weighted by molar-refractivity contribution is 5.85. The van der Waals surface area contributed by atoms with Crippen LogP contribution >= 0.6 is 12.4 Å². The molecule has 2 fully saturated rings. The highest BCUT2D eigenvalue weighted by Crippen LogP contribution is 2.29. The maximum atomic E-state index is 12.2. The number of rotatable bonds is 6. The summed E-state index contributed by atoms with van der Waals surface area (Å²) in [7, 11) is 0. The van der Waals surface area contributed by atoms with Crippen LogP contribution in [0.1, 0.15) is 38.2 Å². The molecule has 1 aliphatic carbocycles. The predicted octanol–water partition coefficient (Wildman–Crippen LogP) is 2.30. The van der Waals surface area contributed by atoms with Crippen LogP contribution in [-0.4, -0.2) is 30.1 Å². The smallest absolute Gasteiger partial charge is 0.223 e. The molecule has 0 aromatic carbocycles. The summed E-state index contributed by atoms with van der Waals surface area (Å²) in [5, 5.41) is 6.39. The molecule has 0 bridgehead atoms. The van der Waals surface area contributed by atoms with Crippen molar-refractivity contribution in [1.29, 1.82) is 0 Å². The molecule has 3 rings (SSSR count). The molecule has 1 aromatic heterocycles. The third-order valence-corrected chi connectivity index (χ3v) is 4.42. The molecular formula is C17H26ClN3O2. The summed E-state index contributed by atoms with van der Waals surface area (Å²) in [5.41, 5.74) is 1.01. The van der Waals surface area contributed by atoms with Crippen molar-refractivity contribution in [1.82, 2.24) is 15.6 Å². The van der Waals surface area contributed by atoms with Crippen LogP contribution in [0, 0.1) is 11.8 Å². The van der Waals surface area contributed by atoms with Gasteiger partial charge in [-0.25, -0.2) is 4.98 Å². The fourth-order valence-corrected chi connectivity index (χ4v) is 2.79. The Hall–Kier alpha value is -1.33. The number of halogens is 1. The lowest BCUT2D eigenvalue weighted by Crippen LogP contribution is -2.42. The van der Waals surface area contributed by atoms with E-state index in [1.54, 1.807) is 6.20 Å². The van der Waals surface area contributed by atoms with Gasteiger partial charge in [-0.3, -0.25) is 4.79 Å². The molecule has 2 aliphatic rings. The zero-order valence-corrected chi connectivity index (χ0v) is 14.4. The molecule has 1 aromatic rings. The summed E-state index contributed by atoms with van der Waals surface area (Å²) < 4.78 is 5.61. The zero-order valence-electron chi connectivity index (χ0n) is 13.6. The number of aromatic nitrogens is 1. The second-order valence-corrected chi connectivity index (χ2v) is 6.55. The first kappa shape index (κ1) is 18.0. The number of pyridine rings is 1. The molecule has 5 nitrogen and oxygen atoms in total. The second kappa shape index (κ2) is 8.50. The molecule has 0 unspecified atom stereocenters. The molecule has 0 spiro atoms. The summed E-state index contributed by atoms with van der Waals surface area (Å²) >= 11 is 0. The van der Waals surface area contributed by atoms with Crippen LogP contribution in [0.15, 0.2) is 18.3 Å². The molecular weight excluding hydrogens is 314 g/mol. The van der Waals surface area contributed by atoms with Crippen LogP contribution < -0.4 is 15.4 Å². The first-order valence-corrected chi connectivity index (χ1v) is 8.29. The third-order valence-electron chi connectivity index (χ3n) is 4.42. The van der Waals surface area contributed by atoms with Crippen molar-refractivity contribution in [2.75, 3.05) is 13.2 Å². The van der Waals surface area contributed by atoms with Crippen LogP contribution in [0.2, 0.25) is 0 Å². The number of nitrogens with one attached hydrogen (secondary N) is 2. The third kappa shape index (κ3) is 5.66. The Bertz CT molecular complexity index is 505. The van der Waals surface area contributed by atoms with E-state index in [4.69, 9.17) is 4.74 Å². The highest BCUT2D eigenvalue weighted by Gasteiger charge is 2.24. The number of amides is 1. The van der Waals surface area contributed by atoms with Gasteiger partial charge in [-0.1, -0.05) is 6.07 Å². The van der Waals surface area contributed by atoms with Gasteiger partial charge < -0.3 is 15.4 Å². The van der Waals surface area contributed by atoms with Crippen LogP contribution in [0.4, 0.5) is 0 Å². The van der Waals surface area contributed by atoms with Gasteiger partial charge in [0.1, 0.15) is 0 Å². The fourth-order valence-electron chi connectivity index (χ4n) is 2.79. The molecule has 0 radical (unpaired) electrons. The van der Waals surface area contributed by atoms with E-state index in [0.29, 0.717) is 18.5 Å². The zero-order chi connectivity index (χ0) is 15.4. The molecule has 1 amide bonds.